The van der Waals surface area contributed by atoms with Crippen molar-refractivity contribution in [3.8, 4) is 0 Å². The van der Waals surface area contributed by atoms with Gasteiger partial charge in [-0.3, -0.25) is 0 Å². The van der Waals surface area contributed by atoms with Crippen molar-refractivity contribution in [3.05, 3.63) is 17.6 Å². The molecule has 74 valence electrons. The average Bonchev–Trinajstić information content (AvgIpc) is 2.64. The van der Waals surface area contributed by atoms with Crippen LogP contribution in [0.15, 0.2) is 17.6 Å². The zero-order valence-electron chi connectivity index (χ0n) is 7.77. The Morgan fingerprint density at radius 1 is 1.57 bits per heavy atom. The standard InChI is InChI=1S/C9H10ClN3S/c1-13(4-3-10)9-11-6-8-7(12-9)2-5-14-8/h2,5-6H,3-4H2,1H3. The highest BCUT2D eigenvalue weighted by molar-refractivity contribution is 7.17. The summed E-state index contributed by atoms with van der Waals surface area (Å²) in [7, 11) is 1.94. The van der Waals surface area contributed by atoms with Crippen molar-refractivity contribution in [2.75, 3.05) is 24.4 Å². The van der Waals surface area contributed by atoms with Gasteiger partial charge in [0.25, 0.3) is 0 Å². The maximum atomic E-state index is 5.65. The van der Waals surface area contributed by atoms with Crippen molar-refractivity contribution >= 4 is 39.1 Å². The second-order valence-electron chi connectivity index (χ2n) is 2.95. The van der Waals surface area contributed by atoms with E-state index in [4.69, 9.17) is 11.6 Å². The highest BCUT2D eigenvalue weighted by atomic mass is 35.5. The Morgan fingerprint density at radius 3 is 3.21 bits per heavy atom. The second kappa shape index (κ2) is 4.11. The molecule has 5 heteroatoms. The molecule has 0 aliphatic heterocycles. The fourth-order valence-electron chi connectivity index (χ4n) is 1.17. The zero-order chi connectivity index (χ0) is 9.97. The summed E-state index contributed by atoms with van der Waals surface area (Å²) in [5.41, 5.74) is 1.00. The molecule has 0 spiro atoms. The van der Waals surface area contributed by atoms with Gasteiger partial charge in [0.05, 0.1) is 16.4 Å². The van der Waals surface area contributed by atoms with Crippen molar-refractivity contribution in [1.82, 2.24) is 9.97 Å². The van der Waals surface area contributed by atoms with E-state index in [1.54, 1.807) is 11.3 Å². The number of rotatable bonds is 3. The fraction of sp³-hybridized carbons (Fsp3) is 0.333. The van der Waals surface area contributed by atoms with Crippen LogP contribution in [0.1, 0.15) is 0 Å². The van der Waals surface area contributed by atoms with Gasteiger partial charge >= 0.3 is 0 Å². The third kappa shape index (κ3) is 1.81. The predicted octanol–water partition coefficient (Wildman–Crippen LogP) is 2.37. The van der Waals surface area contributed by atoms with E-state index in [1.807, 2.05) is 29.6 Å². The SMILES string of the molecule is CN(CCCl)c1ncc2sccc2n1. The van der Waals surface area contributed by atoms with E-state index in [1.165, 1.54) is 0 Å². The van der Waals surface area contributed by atoms with Crippen molar-refractivity contribution < 1.29 is 0 Å². The molecule has 0 saturated carbocycles. The lowest BCUT2D eigenvalue weighted by atomic mass is 10.5. The number of nitrogens with zero attached hydrogens (tertiary/aromatic N) is 3. The molecule has 0 saturated heterocycles. The Bertz CT molecular complexity index is 429. The van der Waals surface area contributed by atoms with Crippen LogP contribution in [0.4, 0.5) is 5.95 Å². The Morgan fingerprint density at radius 2 is 2.43 bits per heavy atom. The first kappa shape index (κ1) is 9.68. The summed E-state index contributed by atoms with van der Waals surface area (Å²) in [6.07, 6.45) is 1.85. The van der Waals surface area contributed by atoms with Crippen molar-refractivity contribution in [2.45, 2.75) is 0 Å². The summed E-state index contributed by atoms with van der Waals surface area (Å²) in [6, 6.07) is 2.00. The number of hydrogen-bond acceptors (Lipinski definition) is 4. The predicted molar refractivity (Wildman–Crippen MR) is 61.4 cm³/mol. The first-order chi connectivity index (χ1) is 6.81. The molecule has 0 aliphatic rings. The molecule has 0 fully saturated rings. The maximum absolute atomic E-state index is 5.65. The minimum atomic E-state index is 0.585. The molecule has 0 N–H and O–H groups in total. The number of anilines is 1. The first-order valence-electron chi connectivity index (χ1n) is 4.28. The van der Waals surface area contributed by atoms with E-state index in [0.717, 1.165) is 22.7 Å². The third-order valence-corrected chi connectivity index (χ3v) is 2.96. The second-order valence-corrected chi connectivity index (χ2v) is 4.28. The first-order valence-corrected chi connectivity index (χ1v) is 5.70. The average molecular weight is 228 g/mol. The summed E-state index contributed by atoms with van der Waals surface area (Å²) in [6.45, 7) is 0.761. The van der Waals surface area contributed by atoms with Gasteiger partial charge in [-0.15, -0.1) is 22.9 Å². The van der Waals surface area contributed by atoms with Gasteiger partial charge in [0, 0.05) is 19.5 Å². The number of fused-ring (bicyclic) bond motifs is 1. The highest BCUT2D eigenvalue weighted by Crippen LogP contribution is 2.19. The Hall–Kier alpha value is -0.870. The molecule has 0 atom stereocenters. The Balaban J connectivity index is 2.33. The fourth-order valence-corrected chi connectivity index (χ4v) is 2.11. The molecule has 0 aromatic carbocycles. The minimum absolute atomic E-state index is 0.585. The molecule has 14 heavy (non-hydrogen) atoms. The molecule has 0 radical (unpaired) electrons. The van der Waals surface area contributed by atoms with Crippen LogP contribution in [0.2, 0.25) is 0 Å². The van der Waals surface area contributed by atoms with E-state index >= 15 is 0 Å². The topological polar surface area (TPSA) is 29.0 Å². The van der Waals surface area contributed by atoms with Gasteiger partial charge in [0.1, 0.15) is 0 Å². The van der Waals surface area contributed by atoms with E-state index < -0.39 is 0 Å². The lowest BCUT2D eigenvalue weighted by Crippen LogP contribution is -2.21. The van der Waals surface area contributed by atoms with Crippen LogP contribution in [0.3, 0.4) is 0 Å². The van der Waals surface area contributed by atoms with Gasteiger partial charge in [-0.25, -0.2) is 9.97 Å². The molecule has 2 heterocycles. The summed E-state index contributed by atoms with van der Waals surface area (Å²) < 4.78 is 1.12. The molecule has 0 bridgehead atoms. The molecule has 0 aliphatic carbocycles. The van der Waals surface area contributed by atoms with Gasteiger partial charge in [-0.05, 0) is 11.4 Å². The normalized spacial score (nSPS) is 10.7. The van der Waals surface area contributed by atoms with E-state index in [-0.39, 0.29) is 0 Å². The van der Waals surface area contributed by atoms with Crippen LogP contribution in [0.25, 0.3) is 10.2 Å². The molecule has 2 aromatic rings. The number of halogens is 1. The zero-order valence-corrected chi connectivity index (χ0v) is 9.35. The van der Waals surface area contributed by atoms with Crippen molar-refractivity contribution in [2.24, 2.45) is 0 Å². The van der Waals surface area contributed by atoms with Crippen LogP contribution < -0.4 is 4.90 Å². The summed E-state index contributed by atoms with van der Waals surface area (Å²) >= 11 is 7.30. The Kier molecular flexibility index (Phi) is 2.84. The molecule has 3 nitrogen and oxygen atoms in total. The van der Waals surface area contributed by atoms with Gasteiger partial charge in [0.2, 0.25) is 5.95 Å². The van der Waals surface area contributed by atoms with E-state index in [9.17, 15) is 0 Å². The number of aromatic nitrogens is 2. The lowest BCUT2D eigenvalue weighted by molar-refractivity contribution is 0.914. The lowest BCUT2D eigenvalue weighted by Gasteiger charge is -2.14. The van der Waals surface area contributed by atoms with Crippen LogP contribution in [-0.2, 0) is 0 Å². The highest BCUT2D eigenvalue weighted by Gasteiger charge is 2.04. The monoisotopic (exact) mass is 227 g/mol. The molecule has 0 amide bonds. The molecular formula is C9H10ClN3S. The quantitative estimate of drug-likeness (QED) is 0.754. The summed E-state index contributed by atoms with van der Waals surface area (Å²) in [5.74, 6) is 1.32. The van der Waals surface area contributed by atoms with E-state index in [2.05, 4.69) is 9.97 Å². The molecule has 2 rings (SSSR count). The van der Waals surface area contributed by atoms with E-state index in [0.29, 0.717) is 5.88 Å². The molecular weight excluding hydrogens is 218 g/mol. The largest absolute Gasteiger partial charge is 0.343 e. The number of hydrogen-bond donors (Lipinski definition) is 0. The molecule has 0 unspecified atom stereocenters. The summed E-state index contributed by atoms with van der Waals surface area (Å²) in [4.78, 5) is 10.6. The van der Waals surface area contributed by atoms with Gasteiger partial charge in [0.15, 0.2) is 0 Å². The summed E-state index contributed by atoms with van der Waals surface area (Å²) in [5, 5.41) is 2.02. The Labute approximate surface area is 91.4 Å². The van der Waals surface area contributed by atoms with Crippen molar-refractivity contribution in [1.29, 1.82) is 0 Å². The van der Waals surface area contributed by atoms with Gasteiger partial charge in [-0.1, -0.05) is 0 Å². The van der Waals surface area contributed by atoms with Crippen LogP contribution in [0.5, 0.6) is 0 Å². The van der Waals surface area contributed by atoms with Crippen LogP contribution in [-0.4, -0.2) is 29.4 Å². The number of thiophene rings is 1. The third-order valence-electron chi connectivity index (χ3n) is 1.95. The van der Waals surface area contributed by atoms with Crippen LogP contribution >= 0.6 is 22.9 Å². The van der Waals surface area contributed by atoms with Gasteiger partial charge in [-0.2, -0.15) is 0 Å². The number of alkyl halides is 1. The smallest absolute Gasteiger partial charge is 0.225 e. The molecule has 2 aromatic heterocycles. The minimum Gasteiger partial charge on any atom is -0.343 e. The maximum Gasteiger partial charge on any atom is 0.225 e. The van der Waals surface area contributed by atoms with Crippen molar-refractivity contribution in [3.63, 3.8) is 0 Å². The van der Waals surface area contributed by atoms with Crippen LogP contribution in [0, 0.1) is 0 Å². The van der Waals surface area contributed by atoms with Gasteiger partial charge < -0.3 is 4.90 Å².